The average Bonchev–Trinajstić information content (AvgIpc) is 3.59. The molecule has 0 radical (unpaired) electrons. The molecule has 4 aromatic carbocycles. The van der Waals surface area contributed by atoms with Crippen LogP contribution in [0.15, 0.2) is 95.4 Å². The van der Waals surface area contributed by atoms with Crippen LogP contribution in [-0.4, -0.2) is 0 Å². The minimum atomic E-state index is 0.780. The van der Waals surface area contributed by atoms with Crippen molar-refractivity contribution in [1.82, 2.24) is 0 Å². The quantitative estimate of drug-likeness (QED) is 0.308. The fourth-order valence-corrected chi connectivity index (χ4v) is 6.40. The topological polar surface area (TPSA) is 25.2 Å². The van der Waals surface area contributed by atoms with Crippen molar-refractivity contribution in [1.29, 1.82) is 0 Å². The van der Waals surface area contributed by atoms with Crippen LogP contribution in [0.4, 0.5) is 11.4 Å². The fraction of sp³-hybridized carbons (Fsp3) is 0.226. The standard InChI is InChI=1S/C31H27NO/c1-2-5-21(6-3-1)26-7-4-8-30-31(26)28-19-25(15-16-29(28)33-30)32-24-13-11-22(12-14-24)27-18-20-9-10-23(27)17-20/h1-8,11-16,19-20,23,27,32H,9-10,17-18H2. The number of hydrogen-bond acceptors (Lipinski definition) is 2. The van der Waals surface area contributed by atoms with E-state index >= 15 is 0 Å². The van der Waals surface area contributed by atoms with Crippen LogP contribution in [0.25, 0.3) is 33.1 Å². The van der Waals surface area contributed by atoms with E-state index in [0.717, 1.165) is 45.7 Å². The third-order valence-electron chi connectivity index (χ3n) is 7.95. The fourth-order valence-electron chi connectivity index (χ4n) is 6.40. The second-order valence-corrected chi connectivity index (χ2v) is 9.89. The maximum Gasteiger partial charge on any atom is 0.136 e. The molecule has 2 fully saturated rings. The van der Waals surface area contributed by atoms with Gasteiger partial charge in [0.15, 0.2) is 0 Å². The van der Waals surface area contributed by atoms with Crippen LogP contribution in [0.2, 0.25) is 0 Å². The van der Waals surface area contributed by atoms with Gasteiger partial charge in [-0.2, -0.15) is 0 Å². The van der Waals surface area contributed by atoms with E-state index in [-0.39, 0.29) is 0 Å². The number of benzene rings is 4. The first-order valence-corrected chi connectivity index (χ1v) is 12.2. The Balaban J connectivity index is 1.22. The summed E-state index contributed by atoms with van der Waals surface area (Å²) in [6.07, 6.45) is 5.73. The molecule has 1 aromatic heterocycles. The highest BCUT2D eigenvalue weighted by Gasteiger charge is 2.39. The summed E-state index contributed by atoms with van der Waals surface area (Å²) >= 11 is 0. The van der Waals surface area contributed by atoms with E-state index < -0.39 is 0 Å². The van der Waals surface area contributed by atoms with Gasteiger partial charge >= 0.3 is 0 Å². The molecule has 7 rings (SSSR count). The molecule has 2 bridgehead atoms. The predicted molar refractivity (Wildman–Crippen MR) is 137 cm³/mol. The SMILES string of the molecule is c1ccc(-c2cccc3oc4ccc(Nc5ccc(C6CC7CCC6C7)cc5)cc4c23)cc1. The largest absolute Gasteiger partial charge is 0.456 e. The van der Waals surface area contributed by atoms with Crippen LogP contribution in [0, 0.1) is 11.8 Å². The van der Waals surface area contributed by atoms with Crippen LogP contribution >= 0.6 is 0 Å². The Kier molecular flexibility index (Phi) is 4.33. The second kappa shape index (κ2) is 7.52. The Morgan fingerprint density at radius 1 is 0.697 bits per heavy atom. The summed E-state index contributed by atoms with van der Waals surface area (Å²) in [7, 11) is 0. The molecule has 2 heteroatoms. The van der Waals surface area contributed by atoms with Gasteiger partial charge in [-0.15, -0.1) is 0 Å². The molecule has 2 aliphatic carbocycles. The van der Waals surface area contributed by atoms with Gasteiger partial charge in [-0.05, 0) is 90.1 Å². The van der Waals surface area contributed by atoms with Crippen molar-refractivity contribution in [3.05, 3.63) is 96.6 Å². The minimum Gasteiger partial charge on any atom is -0.456 e. The molecule has 162 valence electrons. The molecule has 1 heterocycles. The number of rotatable bonds is 4. The van der Waals surface area contributed by atoms with Crippen LogP contribution in [-0.2, 0) is 0 Å². The number of nitrogens with one attached hydrogen (secondary N) is 1. The Morgan fingerprint density at radius 2 is 1.55 bits per heavy atom. The molecular formula is C31H27NO. The third kappa shape index (κ3) is 3.24. The Labute approximate surface area is 194 Å². The van der Waals surface area contributed by atoms with Crippen molar-refractivity contribution in [2.45, 2.75) is 31.6 Å². The van der Waals surface area contributed by atoms with Gasteiger partial charge in [0.1, 0.15) is 11.2 Å². The lowest BCUT2D eigenvalue weighted by atomic mass is 9.83. The summed E-state index contributed by atoms with van der Waals surface area (Å²) in [6.45, 7) is 0. The van der Waals surface area contributed by atoms with Crippen LogP contribution in [0.1, 0.15) is 37.2 Å². The smallest absolute Gasteiger partial charge is 0.136 e. The number of hydrogen-bond donors (Lipinski definition) is 1. The lowest BCUT2D eigenvalue weighted by Gasteiger charge is -2.22. The van der Waals surface area contributed by atoms with Crippen LogP contribution in [0.5, 0.6) is 0 Å². The van der Waals surface area contributed by atoms with Gasteiger partial charge in [-0.3, -0.25) is 0 Å². The molecule has 3 unspecified atom stereocenters. The molecule has 5 aromatic rings. The summed E-state index contributed by atoms with van der Waals surface area (Å²) in [5.74, 6) is 2.68. The van der Waals surface area contributed by atoms with Crippen molar-refractivity contribution < 1.29 is 4.42 Å². The van der Waals surface area contributed by atoms with E-state index in [4.69, 9.17) is 4.42 Å². The lowest BCUT2D eigenvalue weighted by molar-refractivity contribution is 0.420. The summed E-state index contributed by atoms with van der Waals surface area (Å²) < 4.78 is 6.19. The van der Waals surface area contributed by atoms with Gasteiger partial charge in [0, 0.05) is 22.1 Å². The van der Waals surface area contributed by atoms with Crippen LogP contribution < -0.4 is 5.32 Å². The van der Waals surface area contributed by atoms with E-state index in [1.807, 2.05) is 0 Å². The lowest BCUT2D eigenvalue weighted by Crippen LogP contribution is -2.08. The van der Waals surface area contributed by atoms with Crippen LogP contribution in [0.3, 0.4) is 0 Å². The van der Waals surface area contributed by atoms with Crippen molar-refractivity contribution in [3.8, 4) is 11.1 Å². The maximum absolute atomic E-state index is 6.19. The van der Waals surface area contributed by atoms with Gasteiger partial charge < -0.3 is 9.73 Å². The molecule has 0 saturated heterocycles. The average molecular weight is 430 g/mol. The Hall–Kier alpha value is -3.52. The van der Waals surface area contributed by atoms with E-state index in [0.29, 0.717) is 0 Å². The number of fused-ring (bicyclic) bond motifs is 5. The van der Waals surface area contributed by atoms with E-state index in [1.54, 1.807) is 0 Å². The Bertz CT molecular complexity index is 1450. The van der Waals surface area contributed by atoms with Gasteiger partial charge in [0.25, 0.3) is 0 Å². The normalized spacial score (nSPS) is 21.8. The molecular weight excluding hydrogens is 402 g/mol. The molecule has 2 saturated carbocycles. The zero-order valence-corrected chi connectivity index (χ0v) is 18.6. The minimum absolute atomic E-state index is 0.780. The van der Waals surface area contributed by atoms with Gasteiger partial charge in [0.05, 0.1) is 0 Å². The zero-order chi connectivity index (χ0) is 21.8. The van der Waals surface area contributed by atoms with Crippen molar-refractivity contribution >= 4 is 33.3 Å². The van der Waals surface area contributed by atoms with E-state index in [1.165, 1.54) is 47.8 Å². The summed E-state index contributed by atoms with van der Waals surface area (Å²) in [4.78, 5) is 0. The first-order chi connectivity index (χ1) is 16.3. The Morgan fingerprint density at radius 3 is 2.33 bits per heavy atom. The first kappa shape index (κ1) is 19.0. The van der Waals surface area contributed by atoms with Gasteiger partial charge in [-0.1, -0.05) is 61.0 Å². The molecule has 33 heavy (non-hydrogen) atoms. The third-order valence-corrected chi connectivity index (χ3v) is 7.95. The zero-order valence-electron chi connectivity index (χ0n) is 18.6. The highest BCUT2D eigenvalue weighted by Crippen LogP contribution is 2.52. The molecule has 1 N–H and O–H groups in total. The van der Waals surface area contributed by atoms with Gasteiger partial charge in [-0.25, -0.2) is 0 Å². The molecule has 0 aliphatic heterocycles. The van der Waals surface area contributed by atoms with Gasteiger partial charge in [0.2, 0.25) is 0 Å². The second-order valence-electron chi connectivity index (χ2n) is 9.89. The summed E-state index contributed by atoms with van der Waals surface area (Å²) in [6, 6.07) is 32.4. The predicted octanol–water partition coefficient (Wildman–Crippen LogP) is 8.90. The summed E-state index contributed by atoms with van der Waals surface area (Å²) in [5.41, 5.74) is 8.01. The molecule has 2 aliphatic rings. The molecule has 2 nitrogen and oxygen atoms in total. The highest BCUT2D eigenvalue weighted by atomic mass is 16.3. The maximum atomic E-state index is 6.19. The van der Waals surface area contributed by atoms with E-state index in [2.05, 4.69) is 96.3 Å². The number of anilines is 2. The monoisotopic (exact) mass is 429 g/mol. The van der Waals surface area contributed by atoms with Crippen molar-refractivity contribution in [2.75, 3.05) is 5.32 Å². The van der Waals surface area contributed by atoms with Crippen molar-refractivity contribution in [2.24, 2.45) is 11.8 Å². The first-order valence-electron chi connectivity index (χ1n) is 12.2. The van der Waals surface area contributed by atoms with Crippen molar-refractivity contribution in [3.63, 3.8) is 0 Å². The highest BCUT2D eigenvalue weighted by molar-refractivity contribution is 6.13. The summed E-state index contributed by atoms with van der Waals surface area (Å²) in [5, 5.41) is 5.94. The molecule has 0 spiro atoms. The molecule has 3 atom stereocenters. The van der Waals surface area contributed by atoms with E-state index in [9.17, 15) is 0 Å². The number of furan rings is 1. The molecule has 0 amide bonds.